The molecule has 7 nitrogen and oxygen atoms in total. The summed E-state index contributed by atoms with van der Waals surface area (Å²) in [6, 6.07) is 4.27. The Morgan fingerprint density at radius 3 is 2.76 bits per heavy atom. The molecule has 1 heterocycles. The molecule has 7 heteroatoms. The summed E-state index contributed by atoms with van der Waals surface area (Å²) in [6.45, 7) is 1.86. The van der Waals surface area contributed by atoms with E-state index in [0.717, 1.165) is 0 Å². The highest BCUT2D eigenvalue weighted by molar-refractivity contribution is 5.70. The molecule has 1 aromatic rings. The van der Waals surface area contributed by atoms with Crippen LogP contribution in [0.1, 0.15) is 31.2 Å². The van der Waals surface area contributed by atoms with Crippen molar-refractivity contribution in [3.05, 3.63) is 33.9 Å². The molecule has 0 saturated heterocycles. The van der Waals surface area contributed by atoms with Gasteiger partial charge in [0.15, 0.2) is 11.5 Å². The molecule has 0 aliphatic carbocycles. The number of rotatable bonds is 6. The van der Waals surface area contributed by atoms with Crippen LogP contribution in [-0.2, 0) is 9.53 Å². The molecule has 0 N–H and O–H groups in total. The Bertz CT molecular complexity index is 544. The zero-order chi connectivity index (χ0) is 15.4. The average Bonchev–Trinajstić information content (AvgIpc) is 2.93. The number of methoxy groups -OCH3 is 1. The lowest BCUT2D eigenvalue weighted by Gasteiger charge is -2.19. The van der Waals surface area contributed by atoms with E-state index in [-0.39, 0.29) is 18.1 Å². The number of benzene rings is 1. The van der Waals surface area contributed by atoms with Crippen LogP contribution in [0, 0.1) is 10.1 Å². The van der Waals surface area contributed by atoms with Gasteiger partial charge in [-0.15, -0.1) is 0 Å². The van der Waals surface area contributed by atoms with Crippen LogP contribution in [0.25, 0.3) is 0 Å². The fraction of sp³-hybridized carbons (Fsp3) is 0.500. The summed E-state index contributed by atoms with van der Waals surface area (Å²) in [5.41, 5.74) is 0.674. The van der Waals surface area contributed by atoms with Crippen LogP contribution in [0.4, 0.5) is 0 Å². The van der Waals surface area contributed by atoms with Crippen LogP contribution in [0.5, 0.6) is 11.5 Å². The summed E-state index contributed by atoms with van der Waals surface area (Å²) in [5, 5.41) is 11.2. The molecule has 1 aliphatic heterocycles. The molecule has 0 spiro atoms. The first-order valence-corrected chi connectivity index (χ1v) is 6.66. The fourth-order valence-electron chi connectivity index (χ4n) is 2.46. The van der Waals surface area contributed by atoms with Gasteiger partial charge in [-0.3, -0.25) is 14.9 Å². The topological polar surface area (TPSA) is 87.9 Å². The van der Waals surface area contributed by atoms with E-state index in [1.807, 2.05) is 0 Å². The molecule has 0 aromatic heterocycles. The van der Waals surface area contributed by atoms with Gasteiger partial charge in [0.25, 0.3) is 0 Å². The van der Waals surface area contributed by atoms with Crippen molar-refractivity contribution in [1.82, 2.24) is 0 Å². The average molecular weight is 295 g/mol. The SMILES string of the molecule is CCC(C(CC(=O)OC)c1ccc2c(c1)OCO2)[N+](=O)[O-]. The summed E-state index contributed by atoms with van der Waals surface area (Å²) in [6.07, 6.45) is 0.277. The molecule has 0 saturated carbocycles. The molecule has 2 rings (SSSR count). The minimum atomic E-state index is -0.857. The molecule has 1 aromatic carbocycles. The van der Waals surface area contributed by atoms with E-state index in [2.05, 4.69) is 4.74 Å². The van der Waals surface area contributed by atoms with E-state index in [0.29, 0.717) is 23.5 Å². The van der Waals surface area contributed by atoms with Crippen LogP contribution in [0.15, 0.2) is 18.2 Å². The second-order valence-electron chi connectivity index (χ2n) is 4.76. The fourth-order valence-corrected chi connectivity index (χ4v) is 2.46. The third-order valence-corrected chi connectivity index (χ3v) is 3.59. The Kier molecular flexibility index (Phi) is 4.62. The predicted octanol–water partition coefficient (Wildman–Crippen LogP) is 2.12. The summed E-state index contributed by atoms with van der Waals surface area (Å²) in [5.74, 6) is 0.107. The van der Waals surface area contributed by atoms with E-state index < -0.39 is 17.9 Å². The molecular formula is C14H17NO6. The van der Waals surface area contributed by atoms with Gasteiger partial charge in [-0.05, 0) is 17.7 Å². The Hall–Kier alpha value is -2.31. The van der Waals surface area contributed by atoms with Crippen LogP contribution < -0.4 is 9.47 Å². The van der Waals surface area contributed by atoms with Gasteiger partial charge >= 0.3 is 5.97 Å². The monoisotopic (exact) mass is 295 g/mol. The van der Waals surface area contributed by atoms with Gasteiger partial charge in [-0.25, -0.2) is 0 Å². The Morgan fingerprint density at radius 1 is 1.43 bits per heavy atom. The number of carbonyl (C=O) groups is 1. The number of carbonyl (C=O) groups excluding carboxylic acids is 1. The first kappa shape index (κ1) is 15.1. The van der Waals surface area contributed by atoms with Crippen molar-refractivity contribution >= 4 is 5.97 Å². The van der Waals surface area contributed by atoms with Gasteiger partial charge in [-0.1, -0.05) is 13.0 Å². The maximum Gasteiger partial charge on any atom is 0.306 e. The second kappa shape index (κ2) is 6.43. The quantitative estimate of drug-likeness (QED) is 0.454. The van der Waals surface area contributed by atoms with Crippen molar-refractivity contribution in [2.75, 3.05) is 13.9 Å². The van der Waals surface area contributed by atoms with Crippen LogP contribution in [0.2, 0.25) is 0 Å². The molecule has 1 aliphatic rings. The van der Waals surface area contributed by atoms with Crippen LogP contribution in [-0.4, -0.2) is 30.8 Å². The van der Waals surface area contributed by atoms with Crippen molar-refractivity contribution in [1.29, 1.82) is 0 Å². The van der Waals surface area contributed by atoms with Crippen molar-refractivity contribution in [2.24, 2.45) is 0 Å². The third kappa shape index (κ3) is 3.24. The standard InChI is InChI=1S/C14H17NO6/c1-3-11(15(17)18)10(7-14(16)19-2)9-4-5-12-13(6-9)21-8-20-12/h4-6,10-11H,3,7-8H2,1-2H3. The minimum absolute atomic E-state index is 0.0460. The van der Waals surface area contributed by atoms with Crippen LogP contribution in [0.3, 0.4) is 0 Å². The van der Waals surface area contributed by atoms with Gasteiger partial charge in [0.1, 0.15) is 0 Å². The molecule has 0 fully saturated rings. The molecule has 2 atom stereocenters. The number of hydrogen-bond acceptors (Lipinski definition) is 6. The number of ether oxygens (including phenoxy) is 3. The molecule has 2 unspecified atom stereocenters. The Morgan fingerprint density at radius 2 is 2.14 bits per heavy atom. The molecule has 0 bridgehead atoms. The lowest BCUT2D eigenvalue weighted by Crippen LogP contribution is -2.29. The van der Waals surface area contributed by atoms with E-state index in [4.69, 9.17) is 9.47 Å². The lowest BCUT2D eigenvalue weighted by atomic mass is 9.87. The number of fused-ring (bicyclic) bond motifs is 1. The largest absolute Gasteiger partial charge is 0.469 e. The lowest BCUT2D eigenvalue weighted by molar-refractivity contribution is -0.527. The highest BCUT2D eigenvalue weighted by Crippen LogP contribution is 2.37. The number of nitrogens with zero attached hydrogens (tertiary/aromatic N) is 1. The van der Waals surface area contributed by atoms with E-state index in [1.165, 1.54) is 7.11 Å². The number of esters is 1. The molecule has 114 valence electrons. The summed E-state index contributed by atoms with van der Waals surface area (Å²) >= 11 is 0. The summed E-state index contributed by atoms with van der Waals surface area (Å²) in [4.78, 5) is 22.5. The van der Waals surface area contributed by atoms with Crippen molar-refractivity contribution in [3.8, 4) is 11.5 Å². The molecule has 0 amide bonds. The van der Waals surface area contributed by atoms with Gasteiger partial charge in [0.05, 0.1) is 19.4 Å². The maximum atomic E-state index is 11.6. The number of hydrogen-bond donors (Lipinski definition) is 0. The van der Waals surface area contributed by atoms with Gasteiger partial charge in [0.2, 0.25) is 12.8 Å². The van der Waals surface area contributed by atoms with Gasteiger partial charge < -0.3 is 14.2 Å². The molecule has 0 radical (unpaired) electrons. The zero-order valence-electron chi connectivity index (χ0n) is 11.9. The van der Waals surface area contributed by atoms with E-state index in [1.54, 1.807) is 25.1 Å². The predicted molar refractivity (Wildman–Crippen MR) is 73.0 cm³/mol. The first-order valence-electron chi connectivity index (χ1n) is 6.66. The van der Waals surface area contributed by atoms with E-state index in [9.17, 15) is 14.9 Å². The highest BCUT2D eigenvalue weighted by Gasteiger charge is 2.34. The first-order chi connectivity index (χ1) is 10.1. The maximum absolute atomic E-state index is 11.6. The minimum Gasteiger partial charge on any atom is -0.469 e. The highest BCUT2D eigenvalue weighted by atomic mass is 16.7. The Labute approximate surface area is 122 Å². The normalized spacial score (nSPS) is 15.3. The summed E-state index contributed by atoms with van der Waals surface area (Å²) < 4.78 is 15.2. The smallest absolute Gasteiger partial charge is 0.306 e. The van der Waals surface area contributed by atoms with Crippen molar-refractivity contribution in [2.45, 2.75) is 31.7 Å². The number of nitro groups is 1. The van der Waals surface area contributed by atoms with E-state index >= 15 is 0 Å². The zero-order valence-corrected chi connectivity index (χ0v) is 11.9. The molecule has 21 heavy (non-hydrogen) atoms. The second-order valence-corrected chi connectivity index (χ2v) is 4.76. The van der Waals surface area contributed by atoms with Gasteiger partial charge in [-0.2, -0.15) is 0 Å². The van der Waals surface area contributed by atoms with Crippen molar-refractivity contribution < 1.29 is 23.9 Å². The van der Waals surface area contributed by atoms with Crippen LogP contribution >= 0.6 is 0 Å². The third-order valence-electron chi connectivity index (χ3n) is 3.59. The van der Waals surface area contributed by atoms with Gasteiger partial charge in [0, 0.05) is 11.3 Å². The molecular weight excluding hydrogens is 278 g/mol. The Balaban J connectivity index is 2.33. The summed E-state index contributed by atoms with van der Waals surface area (Å²) in [7, 11) is 1.27. The van der Waals surface area contributed by atoms with Crippen molar-refractivity contribution in [3.63, 3.8) is 0 Å².